The average molecular weight is 312 g/mol. The summed E-state index contributed by atoms with van der Waals surface area (Å²) in [4.78, 5) is 14.7. The molecule has 3 rings (SSSR count). The van der Waals surface area contributed by atoms with Crippen molar-refractivity contribution in [2.24, 2.45) is 0 Å². The monoisotopic (exact) mass is 312 g/mol. The molecule has 0 saturated heterocycles. The van der Waals surface area contributed by atoms with E-state index in [1.165, 1.54) is 12.3 Å². The summed E-state index contributed by atoms with van der Waals surface area (Å²) in [6, 6.07) is 8.51. The van der Waals surface area contributed by atoms with Crippen molar-refractivity contribution in [3.05, 3.63) is 64.5 Å². The first-order chi connectivity index (χ1) is 11.2. The smallest absolute Gasteiger partial charge is 0.270 e. The van der Waals surface area contributed by atoms with Gasteiger partial charge in [0.25, 0.3) is 5.69 Å². The van der Waals surface area contributed by atoms with Gasteiger partial charge in [0.05, 0.1) is 22.5 Å². The number of non-ortho nitro benzene ring substituents is 1. The Morgan fingerprint density at radius 1 is 1.35 bits per heavy atom. The highest BCUT2D eigenvalue weighted by Gasteiger charge is 2.14. The van der Waals surface area contributed by atoms with Crippen LogP contribution < -0.4 is 0 Å². The maximum absolute atomic E-state index is 11.0. The summed E-state index contributed by atoms with van der Waals surface area (Å²) in [5, 5.41) is 15.6. The van der Waals surface area contributed by atoms with Crippen molar-refractivity contribution < 1.29 is 9.34 Å². The van der Waals surface area contributed by atoms with Crippen LogP contribution in [0.3, 0.4) is 0 Å². The summed E-state index contributed by atoms with van der Waals surface area (Å²) >= 11 is 0. The summed E-state index contributed by atoms with van der Waals surface area (Å²) in [5.41, 5.74) is 2.57. The van der Waals surface area contributed by atoms with Crippen molar-refractivity contribution >= 4 is 5.69 Å². The zero-order valence-corrected chi connectivity index (χ0v) is 12.7. The Morgan fingerprint density at radius 2 is 2.22 bits per heavy atom. The first-order valence-corrected chi connectivity index (χ1v) is 7.37. The maximum atomic E-state index is 11.0. The number of nitro groups is 1. The quantitative estimate of drug-likeness (QED) is 0.514. The van der Waals surface area contributed by atoms with E-state index >= 15 is 0 Å². The molecule has 118 valence electrons. The number of benzene rings is 1. The van der Waals surface area contributed by atoms with Crippen LogP contribution in [0.25, 0.3) is 11.3 Å². The second-order valence-electron chi connectivity index (χ2n) is 5.16. The molecule has 0 N–H and O–H groups in total. The van der Waals surface area contributed by atoms with E-state index in [0.29, 0.717) is 12.4 Å². The van der Waals surface area contributed by atoms with E-state index in [0.717, 1.165) is 29.8 Å². The number of aromatic nitrogens is 3. The van der Waals surface area contributed by atoms with Gasteiger partial charge in [-0.15, -0.1) is 0 Å². The third-order valence-corrected chi connectivity index (χ3v) is 3.46. The van der Waals surface area contributed by atoms with E-state index in [1.54, 1.807) is 23.0 Å². The van der Waals surface area contributed by atoms with Gasteiger partial charge in [-0.25, -0.2) is 4.98 Å². The molecule has 0 aliphatic rings. The summed E-state index contributed by atoms with van der Waals surface area (Å²) in [6.07, 6.45) is 4.92. The molecule has 0 aliphatic carbocycles. The topological polar surface area (TPSA) is 87.0 Å². The highest BCUT2D eigenvalue weighted by molar-refractivity contribution is 5.63. The van der Waals surface area contributed by atoms with Crippen LogP contribution in [-0.4, -0.2) is 19.7 Å². The molecule has 0 fully saturated rings. The van der Waals surface area contributed by atoms with Crippen LogP contribution in [0.1, 0.15) is 24.9 Å². The van der Waals surface area contributed by atoms with Crippen LogP contribution >= 0.6 is 0 Å². The Kier molecular flexibility index (Phi) is 4.18. The van der Waals surface area contributed by atoms with Gasteiger partial charge in [-0.1, -0.05) is 25.5 Å². The fraction of sp³-hybridized carbons (Fsp3) is 0.250. The molecule has 0 bridgehead atoms. The van der Waals surface area contributed by atoms with Gasteiger partial charge >= 0.3 is 0 Å². The number of oxazole rings is 1. The third-order valence-electron chi connectivity index (χ3n) is 3.46. The van der Waals surface area contributed by atoms with Crippen LogP contribution in [0.2, 0.25) is 0 Å². The minimum atomic E-state index is -0.398. The SMILES string of the molecule is CCCc1cc(-c2cccc([N+](=O)[O-])c2)n(Cc2ncco2)n1. The van der Waals surface area contributed by atoms with Gasteiger partial charge < -0.3 is 4.42 Å². The molecule has 0 aliphatic heterocycles. The van der Waals surface area contributed by atoms with Gasteiger partial charge in [0.15, 0.2) is 0 Å². The third kappa shape index (κ3) is 3.28. The Balaban J connectivity index is 2.02. The fourth-order valence-corrected chi connectivity index (χ4v) is 2.44. The molecular formula is C16H16N4O3. The molecule has 0 saturated carbocycles. The van der Waals surface area contributed by atoms with Gasteiger partial charge in [-0.3, -0.25) is 14.8 Å². The fourth-order valence-electron chi connectivity index (χ4n) is 2.44. The number of rotatable bonds is 6. The van der Waals surface area contributed by atoms with Gasteiger partial charge in [0.2, 0.25) is 5.89 Å². The lowest BCUT2D eigenvalue weighted by molar-refractivity contribution is -0.384. The van der Waals surface area contributed by atoms with Crippen molar-refractivity contribution in [1.82, 2.24) is 14.8 Å². The summed E-state index contributed by atoms with van der Waals surface area (Å²) in [7, 11) is 0. The van der Waals surface area contributed by atoms with Crippen molar-refractivity contribution in [2.45, 2.75) is 26.3 Å². The zero-order chi connectivity index (χ0) is 16.2. The van der Waals surface area contributed by atoms with Crippen molar-refractivity contribution in [3.8, 4) is 11.3 Å². The molecule has 7 heteroatoms. The Bertz CT molecular complexity index is 809. The molecule has 2 heterocycles. The number of nitrogens with zero attached hydrogens (tertiary/aromatic N) is 4. The van der Waals surface area contributed by atoms with Crippen molar-refractivity contribution in [2.75, 3.05) is 0 Å². The standard InChI is InChI=1S/C16H16N4O3/c1-2-4-13-10-15(12-5-3-6-14(9-12)20(21)22)19(18-13)11-16-17-7-8-23-16/h3,5-10H,2,4,11H2,1H3. The van der Waals surface area contributed by atoms with Crippen LogP contribution in [0.15, 0.2) is 47.2 Å². The van der Waals surface area contributed by atoms with Gasteiger partial charge in [0, 0.05) is 17.7 Å². The second kappa shape index (κ2) is 6.43. The van der Waals surface area contributed by atoms with Crippen LogP contribution in [0, 0.1) is 10.1 Å². The highest BCUT2D eigenvalue weighted by Crippen LogP contribution is 2.25. The zero-order valence-electron chi connectivity index (χ0n) is 12.7. The summed E-state index contributed by atoms with van der Waals surface area (Å²) in [5.74, 6) is 0.544. The van der Waals surface area contributed by atoms with E-state index < -0.39 is 4.92 Å². The Labute approximate surface area is 132 Å². The molecule has 0 amide bonds. The van der Waals surface area contributed by atoms with E-state index in [1.807, 2.05) is 12.1 Å². The second-order valence-corrected chi connectivity index (χ2v) is 5.16. The normalized spacial score (nSPS) is 10.8. The molecule has 0 unspecified atom stereocenters. The molecule has 2 aromatic heterocycles. The molecule has 0 radical (unpaired) electrons. The van der Waals surface area contributed by atoms with Crippen LogP contribution in [-0.2, 0) is 13.0 Å². The molecule has 23 heavy (non-hydrogen) atoms. The minimum Gasteiger partial charge on any atom is -0.447 e. The summed E-state index contributed by atoms with van der Waals surface area (Å²) < 4.78 is 7.05. The molecule has 0 spiro atoms. The Hall–Kier alpha value is -2.96. The first kappa shape index (κ1) is 15.0. The van der Waals surface area contributed by atoms with Crippen LogP contribution in [0.4, 0.5) is 5.69 Å². The van der Waals surface area contributed by atoms with Crippen molar-refractivity contribution in [1.29, 1.82) is 0 Å². The predicted molar refractivity (Wildman–Crippen MR) is 83.9 cm³/mol. The van der Waals surface area contributed by atoms with Gasteiger partial charge in [-0.2, -0.15) is 5.10 Å². The lowest BCUT2D eigenvalue weighted by atomic mass is 10.1. The lowest BCUT2D eigenvalue weighted by Crippen LogP contribution is -2.04. The number of hydrogen-bond donors (Lipinski definition) is 0. The van der Waals surface area contributed by atoms with E-state index in [9.17, 15) is 10.1 Å². The molecule has 0 atom stereocenters. The largest absolute Gasteiger partial charge is 0.447 e. The first-order valence-electron chi connectivity index (χ1n) is 7.37. The minimum absolute atomic E-state index is 0.0587. The van der Waals surface area contributed by atoms with E-state index in [4.69, 9.17) is 4.42 Å². The Morgan fingerprint density at radius 3 is 2.91 bits per heavy atom. The number of nitro benzene ring substituents is 1. The number of aryl methyl sites for hydroxylation is 1. The molecule has 3 aromatic rings. The lowest BCUT2D eigenvalue weighted by Gasteiger charge is -2.05. The van der Waals surface area contributed by atoms with Crippen molar-refractivity contribution in [3.63, 3.8) is 0 Å². The highest BCUT2D eigenvalue weighted by atomic mass is 16.6. The molecule has 1 aromatic carbocycles. The van der Waals surface area contributed by atoms with Gasteiger partial charge in [0.1, 0.15) is 12.8 Å². The summed E-state index contributed by atoms with van der Waals surface area (Å²) in [6.45, 7) is 2.47. The van der Waals surface area contributed by atoms with E-state index in [-0.39, 0.29) is 5.69 Å². The van der Waals surface area contributed by atoms with Gasteiger partial charge in [-0.05, 0) is 12.5 Å². The average Bonchev–Trinajstić information content (AvgIpc) is 3.18. The van der Waals surface area contributed by atoms with E-state index in [2.05, 4.69) is 17.0 Å². The number of hydrogen-bond acceptors (Lipinski definition) is 5. The predicted octanol–water partition coefficient (Wildman–Crippen LogP) is 3.45. The maximum Gasteiger partial charge on any atom is 0.270 e. The molecular weight excluding hydrogens is 296 g/mol. The van der Waals surface area contributed by atoms with Crippen LogP contribution in [0.5, 0.6) is 0 Å². The molecule has 7 nitrogen and oxygen atoms in total.